The van der Waals surface area contributed by atoms with Crippen LogP contribution in [0.1, 0.15) is 50.8 Å². The van der Waals surface area contributed by atoms with E-state index >= 15 is 0 Å². The maximum absolute atomic E-state index is 12.9. The minimum absolute atomic E-state index is 0. The van der Waals surface area contributed by atoms with Crippen LogP contribution >= 0.6 is 34.0 Å². The zero-order chi connectivity index (χ0) is 21.0. The van der Waals surface area contributed by atoms with Crippen LogP contribution in [-0.2, 0) is 31.9 Å². The number of fused-ring (bicyclic) bond motifs is 1. The summed E-state index contributed by atoms with van der Waals surface area (Å²) in [6.07, 6.45) is 6.04. The van der Waals surface area contributed by atoms with Crippen LogP contribution in [0.2, 0.25) is 0 Å². The van der Waals surface area contributed by atoms with Crippen molar-refractivity contribution in [2.45, 2.75) is 57.9 Å². The quantitative estimate of drug-likeness (QED) is 0.450. The van der Waals surface area contributed by atoms with Gasteiger partial charge in [0, 0.05) is 33.5 Å². The van der Waals surface area contributed by atoms with E-state index in [-0.39, 0.29) is 58.2 Å². The summed E-state index contributed by atoms with van der Waals surface area (Å²) in [7, 11) is 3.53. The maximum atomic E-state index is 12.9. The SMILES string of the molecule is Br.Br.Cn1c(CCC2CCNCC2)nc2c(=O)n(CCCCCC(=O)O)c(=O)n(C)c21. The molecule has 11 heteroatoms. The van der Waals surface area contributed by atoms with E-state index in [0.29, 0.717) is 36.3 Å². The number of unbranched alkanes of at least 4 members (excludes halogenated alkanes) is 2. The van der Waals surface area contributed by atoms with Crippen molar-refractivity contribution in [3.05, 3.63) is 26.7 Å². The number of halogens is 2. The van der Waals surface area contributed by atoms with Crippen LogP contribution in [0.4, 0.5) is 0 Å². The van der Waals surface area contributed by atoms with Gasteiger partial charge in [-0.2, -0.15) is 0 Å². The molecule has 0 bridgehead atoms. The van der Waals surface area contributed by atoms with Gasteiger partial charge < -0.3 is 15.0 Å². The van der Waals surface area contributed by atoms with E-state index in [0.717, 1.165) is 44.6 Å². The number of nitrogens with one attached hydrogen (secondary N) is 1. The fourth-order valence-corrected chi connectivity index (χ4v) is 4.20. The number of carboxylic acid groups (broad SMARTS) is 1. The van der Waals surface area contributed by atoms with Crippen LogP contribution in [0.5, 0.6) is 0 Å². The highest BCUT2D eigenvalue weighted by atomic mass is 79.9. The van der Waals surface area contributed by atoms with Gasteiger partial charge in [-0.25, -0.2) is 9.78 Å². The summed E-state index contributed by atoms with van der Waals surface area (Å²) in [5, 5.41) is 12.1. The Kier molecular flexibility index (Phi) is 11.2. The number of rotatable bonds is 9. The molecule has 0 spiro atoms. The van der Waals surface area contributed by atoms with Gasteiger partial charge in [0.15, 0.2) is 5.52 Å². The third kappa shape index (κ3) is 6.52. The molecule has 0 aromatic carbocycles. The van der Waals surface area contributed by atoms with E-state index in [9.17, 15) is 14.4 Å². The number of carbonyl (C=O) groups is 1. The summed E-state index contributed by atoms with van der Waals surface area (Å²) in [6, 6.07) is 0. The van der Waals surface area contributed by atoms with Gasteiger partial charge in [0.2, 0.25) is 0 Å². The molecule has 2 aromatic rings. The number of hydrogen-bond donors (Lipinski definition) is 2. The normalized spacial score (nSPS) is 14.3. The van der Waals surface area contributed by atoms with E-state index in [2.05, 4.69) is 10.3 Å². The van der Waals surface area contributed by atoms with Gasteiger partial charge >= 0.3 is 11.7 Å². The fraction of sp³-hybridized carbons (Fsp3) is 0.700. The Morgan fingerprint density at radius 3 is 2.42 bits per heavy atom. The summed E-state index contributed by atoms with van der Waals surface area (Å²) >= 11 is 0. The first-order chi connectivity index (χ1) is 13.9. The number of carboxylic acids is 1. The number of hydrogen-bond acceptors (Lipinski definition) is 5. The van der Waals surface area contributed by atoms with Crippen molar-refractivity contribution in [2.24, 2.45) is 20.0 Å². The van der Waals surface area contributed by atoms with Crippen molar-refractivity contribution in [2.75, 3.05) is 13.1 Å². The second kappa shape index (κ2) is 12.5. The number of aliphatic carboxylic acids is 1. The Hall–Kier alpha value is -1.46. The molecular weight excluding hydrogens is 534 g/mol. The molecule has 0 atom stereocenters. The second-order valence-corrected chi connectivity index (χ2v) is 7.99. The lowest BCUT2D eigenvalue weighted by Gasteiger charge is -2.22. The lowest BCUT2D eigenvalue weighted by Crippen LogP contribution is -2.39. The lowest BCUT2D eigenvalue weighted by atomic mass is 9.93. The van der Waals surface area contributed by atoms with Gasteiger partial charge in [-0.15, -0.1) is 34.0 Å². The average Bonchev–Trinajstić information content (AvgIpc) is 3.04. The highest BCUT2D eigenvalue weighted by molar-refractivity contribution is 8.93. The van der Waals surface area contributed by atoms with Gasteiger partial charge in [0.05, 0.1) is 0 Å². The average molecular weight is 567 g/mol. The molecule has 1 saturated heterocycles. The summed E-state index contributed by atoms with van der Waals surface area (Å²) < 4.78 is 4.60. The van der Waals surface area contributed by atoms with Gasteiger partial charge in [-0.05, 0) is 51.1 Å². The Bertz CT molecular complexity index is 992. The second-order valence-electron chi connectivity index (χ2n) is 7.99. The number of aryl methyl sites for hydroxylation is 3. The smallest absolute Gasteiger partial charge is 0.332 e. The van der Waals surface area contributed by atoms with Crippen molar-refractivity contribution < 1.29 is 9.90 Å². The Morgan fingerprint density at radius 1 is 1.10 bits per heavy atom. The molecular formula is C20H33Br2N5O4. The molecule has 2 aromatic heterocycles. The van der Waals surface area contributed by atoms with Crippen LogP contribution in [0.15, 0.2) is 9.59 Å². The van der Waals surface area contributed by atoms with Crippen molar-refractivity contribution in [3.63, 3.8) is 0 Å². The first-order valence-electron chi connectivity index (χ1n) is 10.5. The molecule has 0 aliphatic carbocycles. The molecule has 1 aliphatic heterocycles. The van der Waals surface area contributed by atoms with Crippen molar-refractivity contribution in [3.8, 4) is 0 Å². The van der Waals surface area contributed by atoms with Crippen molar-refractivity contribution in [1.29, 1.82) is 0 Å². The highest BCUT2D eigenvalue weighted by Gasteiger charge is 2.20. The summed E-state index contributed by atoms with van der Waals surface area (Å²) in [4.78, 5) is 40.8. The molecule has 0 amide bonds. The monoisotopic (exact) mass is 565 g/mol. The van der Waals surface area contributed by atoms with Crippen molar-refractivity contribution in [1.82, 2.24) is 24.0 Å². The molecule has 176 valence electrons. The van der Waals surface area contributed by atoms with Gasteiger partial charge in [0.1, 0.15) is 11.5 Å². The number of imidazole rings is 1. The standard InChI is InChI=1S/C20H31N5O4.2BrH/c1-23-15(8-7-14-9-11-21-12-10-14)22-17-18(23)24(2)20(29)25(19(17)28)13-5-3-4-6-16(26)27;;/h14,21H,3-13H2,1-2H3,(H,26,27);2*1H. The first-order valence-corrected chi connectivity index (χ1v) is 10.5. The molecule has 0 saturated carbocycles. The van der Waals surface area contributed by atoms with Gasteiger partial charge in [-0.1, -0.05) is 6.42 Å². The Morgan fingerprint density at radius 2 is 1.77 bits per heavy atom. The summed E-state index contributed by atoms with van der Waals surface area (Å²) in [6.45, 7) is 2.39. The van der Waals surface area contributed by atoms with E-state index < -0.39 is 5.97 Å². The van der Waals surface area contributed by atoms with Gasteiger partial charge in [0.25, 0.3) is 5.56 Å². The maximum Gasteiger partial charge on any atom is 0.332 e. The highest BCUT2D eigenvalue weighted by Crippen LogP contribution is 2.19. The largest absolute Gasteiger partial charge is 0.481 e. The minimum atomic E-state index is -0.829. The zero-order valence-electron chi connectivity index (χ0n) is 18.1. The third-order valence-electron chi connectivity index (χ3n) is 5.95. The molecule has 3 heterocycles. The van der Waals surface area contributed by atoms with Crippen LogP contribution in [0.3, 0.4) is 0 Å². The number of aromatic nitrogens is 4. The predicted octanol–water partition coefficient (Wildman–Crippen LogP) is 2.17. The molecule has 1 aliphatic rings. The third-order valence-corrected chi connectivity index (χ3v) is 5.95. The minimum Gasteiger partial charge on any atom is -0.481 e. The molecule has 3 rings (SSSR count). The molecule has 31 heavy (non-hydrogen) atoms. The Balaban J connectivity index is 0.00000240. The van der Waals surface area contributed by atoms with E-state index in [1.54, 1.807) is 7.05 Å². The van der Waals surface area contributed by atoms with Crippen LogP contribution in [-0.4, -0.2) is 42.9 Å². The Labute approximate surface area is 202 Å². The molecule has 0 unspecified atom stereocenters. The number of nitrogens with zero attached hydrogens (tertiary/aromatic N) is 4. The fourth-order valence-electron chi connectivity index (χ4n) is 4.20. The molecule has 2 N–H and O–H groups in total. The summed E-state index contributed by atoms with van der Waals surface area (Å²) in [5.41, 5.74) is 0.182. The predicted molar refractivity (Wildman–Crippen MR) is 131 cm³/mol. The van der Waals surface area contributed by atoms with E-state index in [1.165, 1.54) is 9.13 Å². The number of piperidine rings is 1. The van der Waals surface area contributed by atoms with E-state index in [4.69, 9.17) is 5.11 Å². The van der Waals surface area contributed by atoms with Crippen LogP contribution < -0.4 is 16.6 Å². The molecule has 1 fully saturated rings. The zero-order valence-corrected chi connectivity index (χ0v) is 21.6. The summed E-state index contributed by atoms with van der Waals surface area (Å²) in [5.74, 6) is 0.678. The van der Waals surface area contributed by atoms with Crippen LogP contribution in [0.25, 0.3) is 11.2 Å². The lowest BCUT2D eigenvalue weighted by molar-refractivity contribution is -0.137. The molecule has 0 radical (unpaired) electrons. The van der Waals surface area contributed by atoms with Crippen LogP contribution in [0, 0.1) is 5.92 Å². The topological polar surface area (TPSA) is 111 Å². The van der Waals surface area contributed by atoms with E-state index in [1.807, 2.05) is 11.6 Å². The molecule has 9 nitrogen and oxygen atoms in total. The van der Waals surface area contributed by atoms with Gasteiger partial charge in [-0.3, -0.25) is 18.7 Å². The van der Waals surface area contributed by atoms with Crippen molar-refractivity contribution >= 4 is 51.1 Å². The first kappa shape index (κ1) is 27.6.